The molecule has 1 aliphatic rings. The summed E-state index contributed by atoms with van der Waals surface area (Å²) in [5.41, 5.74) is 3.23. The molecule has 0 aliphatic carbocycles. The van der Waals surface area contributed by atoms with Crippen LogP contribution in [0, 0.1) is 17.8 Å². The normalized spacial score (nSPS) is 17.9. The van der Waals surface area contributed by atoms with Crippen molar-refractivity contribution in [1.82, 2.24) is 25.4 Å². The van der Waals surface area contributed by atoms with Gasteiger partial charge in [-0.25, -0.2) is 4.98 Å². The molecule has 1 aliphatic heterocycles. The van der Waals surface area contributed by atoms with Gasteiger partial charge in [0.15, 0.2) is 0 Å². The summed E-state index contributed by atoms with van der Waals surface area (Å²) in [7, 11) is 3.52. The van der Waals surface area contributed by atoms with E-state index in [-0.39, 0.29) is 61.4 Å². The van der Waals surface area contributed by atoms with Crippen molar-refractivity contribution in [3.05, 3.63) is 76.2 Å². The Morgan fingerprint density at radius 2 is 1.67 bits per heavy atom. The first-order valence-electron chi connectivity index (χ1n) is 20.3. The first-order chi connectivity index (χ1) is 27.2. The van der Waals surface area contributed by atoms with Gasteiger partial charge in [0.1, 0.15) is 22.8 Å². The van der Waals surface area contributed by atoms with Crippen LogP contribution in [0.3, 0.4) is 0 Å². The fourth-order valence-corrected chi connectivity index (χ4v) is 8.31. The van der Waals surface area contributed by atoms with Crippen molar-refractivity contribution in [2.75, 3.05) is 33.9 Å². The first-order valence-corrected chi connectivity index (χ1v) is 21.2. The van der Waals surface area contributed by atoms with Gasteiger partial charge in [-0.1, -0.05) is 102 Å². The van der Waals surface area contributed by atoms with Gasteiger partial charge in [0.05, 0.1) is 18.6 Å². The Morgan fingerprint density at radius 1 is 0.982 bits per heavy atom. The highest BCUT2D eigenvalue weighted by molar-refractivity contribution is 7.09. The van der Waals surface area contributed by atoms with Gasteiger partial charge in [0, 0.05) is 37.5 Å². The van der Waals surface area contributed by atoms with Gasteiger partial charge in [-0.15, -0.1) is 11.3 Å². The highest BCUT2D eigenvalue weighted by atomic mass is 32.1. The molecule has 0 bridgehead atoms. The van der Waals surface area contributed by atoms with E-state index in [9.17, 15) is 29.4 Å². The van der Waals surface area contributed by atoms with Crippen molar-refractivity contribution >= 4 is 35.0 Å². The molecule has 7 atom stereocenters. The summed E-state index contributed by atoms with van der Waals surface area (Å²) in [6.45, 7) is 11.0. The first kappa shape index (κ1) is 45.5. The summed E-state index contributed by atoms with van der Waals surface area (Å²) in [5.74, 6) is -2.65. The number of hydrogen-bond acceptors (Lipinski definition) is 9. The van der Waals surface area contributed by atoms with Crippen LogP contribution in [0.25, 0.3) is 11.1 Å². The number of nitrogens with one attached hydrogen (secondary N) is 2. The number of carboxylic acid groups (broad SMARTS) is 1. The molecule has 0 spiro atoms. The number of methoxy groups -OCH3 is 1. The molecule has 0 radical (unpaired) electrons. The topological polar surface area (TPSA) is 161 Å². The molecule has 312 valence electrons. The van der Waals surface area contributed by atoms with Crippen LogP contribution in [0.5, 0.6) is 0 Å². The summed E-state index contributed by atoms with van der Waals surface area (Å²) in [4.78, 5) is 61.8. The summed E-state index contributed by atoms with van der Waals surface area (Å²) in [6.07, 6.45) is 3.16. The van der Waals surface area contributed by atoms with Gasteiger partial charge in [-0.05, 0) is 67.8 Å². The summed E-state index contributed by atoms with van der Waals surface area (Å²) >= 11 is 1.16. The lowest BCUT2D eigenvalue weighted by Crippen LogP contribution is -2.59. The highest BCUT2D eigenvalue weighted by Crippen LogP contribution is 2.29. The number of ether oxygens (including phenoxy) is 1. The number of likely N-dealkylation sites (N-methyl/N-ethyl adjacent to an activating group) is 1. The number of carboxylic acids is 1. The van der Waals surface area contributed by atoms with Gasteiger partial charge >= 0.3 is 5.97 Å². The van der Waals surface area contributed by atoms with Crippen LogP contribution in [-0.2, 0) is 25.5 Å². The number of thiazole rings is 1. The van der Waals surface area contributed by atoms with Gasteiger partial charge in [0.25, 0.3) is 5.91 Å². The minimum absolute atomic E-state index is 0.0697. The number of benzene rings is 2. The van der Waals surface area contributed by atoms with Crippen molar-refractivity contribution in [2.45, 2.75) is 110 Å². The second kappa shape index (κ2) is 22.1. The minimum Gasteiger partial charge on any atom is -0.481 e. The highest BCUT2D eigenvalue weighted by Gasteiger charge is 2.38. The van der Waals surface area contributed by atoms with Crippen LogP contribution in [0.1, 0.15) is 100 Å². The molecule has 2 heterocycles. The molecule has 0 saturated carbocycles. The van der Waals surface area contributed by atoms with E-state index in [1.807, 2.05) is 89.3 Å². The average Bonchev–Trinajstić information content (AvgIpc) is 3.71. The van der Waals surface area contributed by atoms with Crippen LogP contribution >= 0.6 is 11.3 Å². The maximum Gasteiger partial charge on any atom is 0.306 e. The number of carbonyl (C=O) groups is 4. The quantitative estimate of drug-likeness (QED) is 0.0983. The molecule has 3 unspecified atom stereocenters. The Bertz CT molecular complexity index is 1740. The van der Waals surface area contributed by atoms with Gasteiger partial charge in [-0.2, -0.15) is 0 Å². The summed E-state index contributed by atoms with van der Waals surface area (Å²) in [6, 6.07) is 16.1. The van der Waals surface area contributed by atoms with Crippen molar-refractivity contribution in [2.24, 2.45) is 17.8 Å². The van der Waals surface area contributed by atoms with E-state index in [2.05, 4.69) is 20.5 Å². The predicted molar refractivity (Wildman–Crippen MR) is 224 cm³/mol. The lowest BCUT2D eigenvalue weighted by Gasteiger charge is -2.39. The van der Waals surface area contributed by atoms with E-state index in [0.29, 0.717) is 17.8 Å². The third-order valence-corrected chi connectivity index (χ3v) is 12.2. The molecule has 1 saturated heterocycles. The predicted octanol–water partition coefficient (Wildman–Crippen LogP) is 6.20. The summed E-state index contributed by atoms with van der Waals surface area (Å²) in [5, 5.41) is 29.3. The van der Waals surface area contributed by atoms with E-state index in [4.69, 9.17) is 4.74 Å². The lowest BCUT2D eigenvalue weighted by atomic mass is 9.92. The van der Waals surface area contributed by atoms with Crippen LogP contribution < -0.4 is 10.6 Å². The smallest absolute Gasteiger partial charge is 0.306 e. The zero-order valence-corrected chi connectivity index (χ0v) is 35.5. The summed E-state index contributed by atoms with van der Waals surface area (Å²) < 4.78 is 5.42. The van der Waals surface area contributed by atoms with Crippen LogP contribution in [0.2, 0.25) is 0 Å². The molecule has 1 fully saturated rings. The maximum absolute atomic E-state index is 14.5. The monoisotopic (exact) mass is 805 g/mol. The zero-order chi connectivity index (χ0) is 41.6. The molecule has 4 N–H and O–H groups in total. The molecule has 4 rings (SSSR count). The molecule has 1 aromatic heterocycles. The van der Waals surface area contributed by atoms with E-state index >= 15 is 0 Å². The number of aromatic nitrogens is 1. The van der Waals surface area contributed by atoms with Crippen molar-refractivity contribution < 1.29 is 34.1 Å². The zero-order valence-electron chi connectivity index (χ0n) is 34.6. The molecule has 12 nitrogen and oxygen atoms in total. The maximum atomic E-state index is 14.5. The number of piperidine rings is 1. The molecular formula is C44H63N5O7S. The Labute approximate surface area is 342 Å². The van der Waals surface area contributed by atoms with Gasteiger partial charge in [0.2, 0.25) is 11.8 Å². The standard InChI is InChI=1S/C44H63N5O7S/c1-8-29(4)39(47-41(52)36-16-12-13-21-48(36)6)43(53)49(22-23-56-7)37(28(2)3)26-38(50)42-46-35(27-57-42)40(51)45-34(24-30(5)44(54)55)25-31-17-19-33(20-18-31)32-14-10-9-11-15-32/h9-11,14-15,17-20,27-30,34,36-39,50H,8,12-13,16,21-26H2,1-7H3,(H,45,51)(H,47,52)(H,54,55)/t29?,30-,34+,36?,37+,38+,39?/m0/s1. The Kier molecular flexibility index (Phi) is 17.7. The number of aliphatic carboxylic acids is 1. The van der Waals surface area contributed by atoms with Crippen LogP contribution in [0.4, 0.5) is 0 Å². The van der Waals surface area contributed by atoms with E-state index < -0.39 is 42.0 Å². The van der Waals surface area contributed by atoms with E-state index in [0.717, 1.165) is 53.8 Å². The second-order valence-corrected chi connectivity index (χ2v) is 16.8. The molecule has 3 amide bonds. The number of likely N-dealkylation sites (tertiary alicyclic amines) is 1. The Balaban J connectivity index is 1.49. The minimum atomic E-state index is -1.08. The SMILES string of the molecule is CCC(C)C(NC(=O)C1CCCCN1C)C(=O)N(CCOC)[C@H](C[C@@H](O)c1nc(C(=O)N[C@@H](Cc2ccc(-c3ccccc3)cc2)C[C@H](C)C(=O)O)cs1)C(C)C. The number of aliphatic hydroxyl groups is 1. The number of carbonyl (C=O) groups excluding carboxylic acids is 3. The van der Waals surface area contributed by atoms with E-state index in [1.54, 1.807) is 24.3 Å². The molecular weight excluding hydrogens is 743 g/mol. The number of nitrogens with zero attached hydrogens (tertiary/aromatic N) is 3. The molecule has 57 heavy (non-hydrogen) atoms. The Hall–Kier alpha value is -4.17. The van der Waals surface area contributed by atoms with Crippen LogP contribution in [-0.4, -0.2) is 107 Å². The van der Waals surface area contributed by atoms with E-state index in [1.165, 1.54) is 0 Å². The van der Waals surface area contributed by atoms with Crippen LogP contribution in [0.15, 0.2) is 60.0 Å². The second-order valence-electron chi connectivity index (χ2n) is 15.9. The lowest BCUT2D eigenvalue weighted by molar-refractivity contribution is -0.143. The molecule has 13 heteroatoms. The number of aliphatic hydroxyl groups excluding tert-OH is 1. The van der Waals surface area contributed by atoms with Crippen molar-refractivity contribution in [3.63, 3.8) is 0 Å². The molecule has 3 aromatic rings. The number of amides is 3. The van der Waals surface area contributed by atoms with Crippen molar-refractivity contribution in [1.29, 1.82) is 0 Å². The molecule has 2 aromatic carbocycles. The third kappa shape index (κ3) is 12.9. The number of hydrogen-bond donors (Lipinski definition) is 4. The largest absolute Gasteiger partial charge is 0.481 e. The Morgan fingerprint density at radius 3 is 2.28 bits per heavy atom. The fraction of sp³-hybridized carbons (Fsp3) is 0.568. The fourth-order valence-electron chi connectivity index (χ4n) is 7.51. The number of rotatable bonds is 21. The van der Waals surface area contributed by atoms with Crippen molar-refractivity contribution in [3.8, 4) is 11.1 Å². The average molecular weight is 806 g/mol. The van der Waals surface area contributed by atoms with Gasteiger partial charge in [-0.3, -0.25) is 24.1 Å². The van der Waals surface area contributed by atoms with Gasteiger partial charge < -0.3 is 30.5 Å². The third-order valence-electron chi connectivity index (χ3n) is 11.3.